The number of nitrogens with one attached hydrogen (secondary N) is 1. The summed E-state index contributed by atoms with van der Waals surface area (Å²) in [5.74, 6) is -0.255. The van der Waals surface area contributed by atoms with Crippen molar-refractivity contribution in [3.63, 3.8) is 0 Å². The Morgan fingerprint density at radius 3 is 2.68 bits per heavy atom. The van der Waals surface area contributed by atoms with Gasteiger partial charge in [0.1, 0.15) is 5.82 Å². The molecule has 0 unspecified atom stereocenters. The van der Waals surface area contributed by atoms with Crippen LogP contribution >= 0.6 is 24.0 Å². The van der Waals surface area contributed by atoms with E-state index in [9.17, 15) is 4.39 Å². The minimum atomic E-state index is -0.255. The molecule has 0 aliphatic rings. The summed E-state index contributed by atoms with van der Waals surface area (Å²) in [5.41, 5.74) is 0.533. The third-order valence-corrected chi connectivity index (χ3v) is 3.00. The summed E-state index contributed by atoms with van der Waals surface area (Å²) in [7, 11) is 0. The quantitative estimate of drug-likeness (QED) is 0.690. The van der Waals surface area contributed by atoms with Gasteiger partial charge in [-0.2, -0.15) is 0 Å². The fraction of sp³-hybridized carbons (Fsp3) is 0.571. The van der Waals surface area contributed by atoms with Crippen LogP contribution in [-0.4, -0.2) is 19.8 Å². The van der Waals surface area contributed by atoms with Gasteiger partial charge >= 0.3 is 0 Å². The van der Waals surface area contributed by atoms with Crippen LogP contribution < -0.4 is 5.32 Å². The highest BCUT2D eigenvalue weighted by atomic mass is 35.5. The van der Waals surface area contributed by atoms with E-state index in [0.717, 1.165) is 39.0 Å². The van der Waals surface area contributed by atoms with Crippen molar-refractivity contribution in [2.45, 2.75) is 32.7 Å². The average molecular weight is 310 g/mol. The second-order valence-electron chi connectivity index (χ2n) is 4.20. The van der Waals surface area contributed by atoms with E-state index in [0.29, 0.717) is 17.1 Å². The van der Waals surface area contributed by atoms with Crippen molar-refractivity contribution in [3.8, 4) is 0 Å². The predicted octanol–water partition coefficient (Wildman–Crippen LogP) is 4.20. The van der Waals surface area contributed by atoms with Crippen molar-refractivity contribution >= 4 is 24.0 Å². The minimum absolute atomic E-state index is 0. The lowest BCUT2D eigenvalue weighted by atomic mass is 10.2. The molecule has 0 spiro atoms. The molecule has 110 valence electrons. The fourth-order valence-electron chi connectivity index (χ4n) is 1.56. The Morgan fingerprint density at radius 1 is 1.26 bits per heavy atom. The van der Waals surface area contributed by atoms with Gasteiger partial charge in [0, 0.05) is 30.3 Å². The largest absolute Gasteiger partial charge is 0.381 e. The molecular formula is C14H22Cl2FNO. The maximum atomic E-state index is 13.4. The van der Waals surface area contributed by atoms with Gasteiger partial charge in [0.15, 0.2) is 0 Å². The van der Waals surface area contributed by atoms with E-state index in [1.54, 1.807) is 12.1 Å². The molecule has 0 aromatic heterocycles. The molecule has 0 amide bonds. The summed E-state index contributed by atoms with van der Waals surface area (Å²) >= 11 is 5.92. The third kappa shape index (κ3) is 7.73. The zero-order valence-corrected chi connectivity index (χ0v) is 12.8. The van der Waals surface area contributed by atoms with Crippen LogP contribution in [0.1, 0.15) is 31.7 Å². The highest BCUT2D eigenvalue weighted by Crippen LogP contribution is 2.18. The Kier molecular flexibility index (Phi) is 11.3. The molecule has 0 aliphatic carbocycles. The average Bonchev–Trinajstić information content (AvgIpc) is 2.35. The van der Waals surface area contributed by atoms with Crippen molar-refractivity contribution in [3.05, 3.63) is 34.6 Å². The normalized spacial score (nSPS) is 10.3. The van der Waals surface area contributed by atoms with Crippen molar-refractivity contribution < 1.29 is 9.13 Å². The number of rotatable bonds is 9. The van der Waals surface area contributed by atoms with Gasteiger partial charge in [-0.1, -0.05) is 31.0 Å². The Bertz CT molecular complexity index is 330. The van der Waals surface area contributed by atoms with E-state index in [1.807, 2.05) is 0 Å². The number of unbranched alkanes of at least 4 members (excludes halogenated alkanes) is 1. The molecule has 0 fully saturated rings. The van der Waals surface area contributed by atoms with E-state index in [1.165, 1.54) is 6.07 Å². The molecule has 0 aliphatic heterocycles. The highest BCUT2D eigenvalue weighted by molar-refractivity contribution is 6.31. The molecule has 0 radical (unpaired) electrons. The molecule has 19 heavy (non-hydrogen) atoms. The molecule has 0 heterocycles. The lowest BCUT2D eigenvalue weighted by Gasteiger charge is -2.08. The van der Waals surface area contributed by atoms with Crippen LogP contribution in [0, 0.1) is 5.82 Å². The van der Waals surface area contributed by atoms with Crippen LogP contribution in [0.5, 0.6) is 0 Å². The van der Waals surface area contributed by atoms with Crippen LogP contribution in [-0.2, 0) is 11.3 Å². The summed E-state index contributed by atoms with van der Waals surface area (Å²) in [6, 6.07) is 4.75. The Hall–Kier alpha value is -0.350. The minimum Gasteiger partial charge on any atom is -0.381 e. The van der Waals surface area contributed by atoms with E-state index in [-0.39, 0.29) is 18.2 Å². The SMILES string of the molecule is CCCCOCCCNCc1c(F)cccc1Cl.Cl. The summed E-state index contributed by atoms with van der Waals surface area (Å²) < 4.78 is 18.8. The van der Waals surface area contributed by atoms with Gasteiger partial charge in [0.2, 0.25) is 0 Å². The van der Waals surface area contributed by atoms with E-state index in [2.05, 4.69) is 12.2 Å². The first-order valence-electron chi connectivity index (χ1n) is 6.47. The standard InChI is InChI=1S/C14H21ClFNO.ClH/c1-2-3-9-18-10-5-8-17-11-12-13(15)6-4-7-14(12)16;/h4,6-7,17H,2-3,5,8-11H2,1H3;1H. The van der Waals surface area contributed by atoms with Gasteiger partial charge in [-0.15, -0.1) is 12.4 Å². The van der Waals surface area contributed by atoms with Crippen LogP contribution in [0.3, 0.4) is 0 Å². The lowest BCUT2D eigenvalue weighted by molar-refractivity contribution is 0.128. The number of halogens is 3. The Balaban J connectivity index is 0.00000324. The van der Waals surface area contributed by atoms with Gasteiger partial charge < -0.3 is 10.1 Å². The van der Waals surface area contributed by atoms with Gasteiger partial charge in [0.05, 0.1) is 0 Å². The molecule has 0 saturated heterocycles. The maximum absolute atomic E-state index is 13.4. The molecule has 0 bridgehead atoms. The second-order valence-corrected chi connectivity index (χ2v) is 4.60. The first-order valence-corrected chi connectivity index (χ1v) is 6.85. The number of hydrogen-bond acceptors (Lipinski definition) is 2. The molecule has 0 atom stereocenters. The van der Waals surface area contributed by atoms with Crippen LogP contribution in [0.4, 0.5) is 4.39 Å². The Morgan fingerprint density at radius 2 is 2.00 bits per heavy atom. The van der Waals surface area contributed by atoms with E-state index < -0.39 is 0 Å². The zero-order valence-electron chi connectivity index (χ0n) is 11.3. The number of ether oxygens (including phenoxy) is 1. The van der Waals surface area contributed by atoms with Crippen LogP contribution in [0.2, 0.25) is 5.02 Å². The van der Waals surface area contributed by atoms with Crippen molar-refractivity contribution in [1.82, 2.24) is 5.32 Å². The van der Waals surface area contributed by atoms with Gasteiger partial charge in [0.25, 0.3) is 0 Å². The van der Waals surface area contributed by atoms with Crippen molar-refractivity contribution in [2.75, 3.05) is 19.8 Å². The van der Waals surface area contributed by atoms with Gasteiger partial charge in [-0.05, 0) is 31.5 Å². The fourth-order valence-corrected chi connectivity index (χ4v) is 1.79. The summed E-state index contributed by atoms with van der Waals surface area (Å²) in [6.45, 7) is 4.98. The molecule has 5 heteroatoms. The third-order valence-electron chi connectivity index (χ3n) is 2.65. The first-order chi connectivity index (χ1) is 8.75. The highest BCUT2D eigenvalue weighted by Gasteiger charge is 2.05. The lowest BCUT2D eigenvalue weighted by Crippen LogP contribution is -2.17. The Labute approximate surface area is 126 Å². The molecule has 1 aromatic carbocycles. The molecule has 1 rings (SSSR count). The van der Waals surface area contributed by atoms with Crippen LogP contribution in [0.25, 0.3) is 0 Å². The maximum Gasteiger partial charge on any atom is 0.129 e. The van der Waals surface area contributed by atoms with Crippen molar-refractivity contribution in [1.29, 1.82) is 0 Å². The zero-order chi connectivity index (χ0) is 13.2. The molecule has 0 saturated carbocycles. The second kappa shape index (κ2) is 11.5. The molecule has 2 nitrogen and oxygen atoms in total. The van der Waals surface area contributed by atoms with Crippen molar-refractivity contribution in [2.24, 2.45) is 0 Å². The van der Waals surface area contributed by atoms with E-state index in [4.69, 9.17) is 16.3 Å². The monoisotopic (exact) mass is 309 g/mol. The topological polar surface area (TPSA) is 21.3 Å². The molecule has 1 N–H and O–H groups in total. The van der Waals surface area contributed by atoms with Gasteiger partial charge in [-0.25, -0.2) is 4.39 Å². The molecular weight excluding hydrogens is 288 g/mol. The first kappa shape index (κ1) is 18.7. The number of benzene rings is 1. The smallest absolute Gasteiger partial charge is 0.129 e. The molecule has 1 aromatic rings. The summed E-state index contributed by atoms with van der Waals surface area (Å²) in [5, 5.41) is 3.64. The summed E-state index contributed by atoms with van der Waals surface area (Å²) in [6.07, 6.45) is 3.19. The van der Waals surface area contributed by atoms with Gasteiger partial charge in [-0.3, -0.25) is 0 Å². The number of hydrogen-bond donors (Lipinski definition) is 1. The predicted molar refractivity (Wildman–Crippen MR) is 80.7 cm³/mol. The van der Waals surface area contributed by atoms with Crippen LogP contribution in [0.15, 0.2) is 18.2 Å². The van der Waals surface area contributed by atoms with E-state index >= 15 is 0 Å². The summed E-state index contributed by atoms with van der Waals surface area (Å²) in [4.78, 5) is 0.